The van der Waals surface area contributed by atoms with Crippen molar-refractivity contribution in [3.05, 3.63) is 48.4 Å². The zero-order valence-electron chi connectivity index (χ0n) is 11.1. The van der Waals surface area contributed by atoms with E-state index in [0.717, 1.165) is 24.0 Å². The standard InChI is InChI=1S/C16H17NO3/c18-14(12-6-7-12)10-17-16(19)15-13(8-9-20-15)11-4-2-1-3-5-11/h1-5,8-9,12,14,18H,6-7,10H2,(H,17,19). The third-order valence-corrected chi connectivity index (χ3v) is 3.59. The van der Waals surface area contributed by atoms with Gasteiger partial charge in [-0.2, -0.15) is 0 Å². The molecule has 1 fully saturated rings. The van der Waals surface area contributed by atoms with Crippen LogP contribution >= 0.6 is 0 Å². The lowest BCUT2D eigenvalue weighted by Crippen LogP contribution is -2.33. The molecule has 104 valence electrons. The maximum atomic E-state index is 12.1. The Balaban J connectivity index is 1.70. The second-order valence-corrected chi connectivity index (χ2v) is 5.14. The van der Waals surface area contributed by atoms with Crippen molar-refractivity contribution in [2.24, 2.45) is 5.92 Å². The lowest BCUT2D eigenvalue weighted by Gasteiger charge is -2.10. The minimum Gasteiger partial charge on any atom is -0.459 e. The van der Waals surface area contributed by atoms with Gasteiger partial charge in [0.1, 0.15) is 0 Å². The van der Waals surface area contributed by atoms with Crippen LogP contribution in [0, 0.1) is 5.92 Å². The summed E-state index contributed by atoms with van der Waals surface area (Å²) in [6.45, 7) is 0.276. The fourth-order valence-electron chi connectivity index (χ4n) is 2.26. The van der Waals surface area contributed by atoms with Crippen molar-refractivity contribution in [3.63, 3.8) is 0 Å². The highest BCUT2D eigenvalue weighted by Crippen LogP contribution is 2.32. The first-order valence-corrected chi connectivity index (χ1v) is 6.85. The quantitative estimate of drug-likeness (QED) is 0.878. The van der Waals surface area contributed by atoms with Crippen molar-refractivity contribution in [1.82, 2.24) is 5.32 Å². The highest BCUT2D eigenvalue weighted by atomic mass is 16.3. The summed E-state index contributed by atoms with van der Waals surface area (Å²) in [5, 5.41) is 12.5. The van der Waals surface area contributed by atoms with Crippen LogP contribution in [0.1, 0.15) is 23.4 Å². The van der Waals surface area contributed by atoms with Gasteiger partial charge in [-0.15, -0.1) is 0 Å². The van der Waals surface area contributed by atoms with Crippen molar-refractivity contribution >= 4 is 5.91 Å². The Morgan fingerprint density at radius 3 is 2.75 bits per heavy atom. The molecule has 2 aromatic rings. The van der Waals surface area contributed by atoms with Crippen LogP contribution in [0.15, 0.2) is 47.1 Å². The van der Waals surface area contributed by atoms with Crippen LogP contribution in [0.3, 0.4) is 0 Å². The molecule has 0 radical (unpaired) electrons. The molecule has 20 heavy (non-hydrogen) atoms. The average molecular weight is 271 g/mol. The monoisotopic (exact) mass is 271 g/mol. The van der Waals surface area contributed by atoms with Gasteiger partial charge in [0.05, 0.1) is 12.4 Å². The summed E-state index contributed by atoms with van der Waals surface area (Å²) in [5.74, 6) is 0.355. The molecule has 0 aliphatic heterocycles. The molecule has 1 atom stereocenters. The van der Waals surface area contributed by atoms with E-state index in [1.807, 2.05) is 30.3 Å². The molecule has 3 rings (SSSR count). The molecule has 4 heteroatoms. The van der Waals surface area contributed by atoms with Crippen LogP contribution in [0.4, 0.5) is 0 Å². The number of benzene rings is 1. The van der Waals surface area contributed by atoms with E-state index in [0.29, 0.717) is 11.7 Å². The normalized spacial score (nSPS) is 15.8. The van der Waals surface area contributed by atoms with E-state index in [9.17, 15) is 9.90 Å². The van der Waals surface area contributed by atoms with Gasteiger partial charge in [0, 0.05) is 12.1 Å². The van der Waals surface area contributed by atoms with Gasteiger partial charge in [0.25, 0.3) is 5.91 Å². The Bertz CT molecular complexity index is 587. The van der Waals surface area contributed by atoms with Crippen LogP contribution < -0.4 is 5.32 Å². The molecule has 0 spiro atoms. The largest absolute Gasteiger partial charge is 0.459 e. The molecule has 0 saturated heterocycles. The highest BCUT2D eigenvalue weighted by molar-refractivity contribution is 5.98. The molecule has 1 saturated carbocycles. The number of carbonyl (C=O) groups excluding carboxylic acids is 1. The van der Waals surface area contributed by atoms with Gasteiger partial charge in [-0.05, 0) is 30.4 Å². The van der Waals surface area contributed by atoms with Crippen molar-refractivity contribution in [2.75, 3.05) is 6.54 Å². The van der Waals surface area contributed by atoms with Crippen molar-refractivity contribution in [2.45, 2.75) is 18.9 Å². The third kappa shape index (κ3) is 2.75. The van der Waals surface area contributed by atoms with Crippen LogP contribution in [-0.4, -0.2) is 23.7 Å². The van der Waals surface area contributed by atoms with E-state index in [2.05, 4.69) is 5.32 Å². The lowest BCUT2D eigenvalue weighted by atomic mass is 10.1. The van der Waals surface area contributed by atoms with Crippen LogP contribution in [0.5, 0.6) is 0 Å². The fraction of sp³-hybridized carbons (Fsp3) is 0.312. The van der Waals surface area contributed by atoms with E-state index < -0.39 is 6.10 Å². The summed E-state index contributed by atoms with van der Waals surface area (Å²) in [6, 6.07) is 11.4. The number of furan rings is 1. The number of aliphatic hydroxyl groups is 1. The Hall–Kier alpha value is -2.07. The number of hydrogen-bond acceptors (Lipinski definition) is 3. The van der Waals surface area contributed by atoms with Gasteiger partial charge in [-0.3, -0.25) is 4.79 Å². The molecule has 1 heterocycles. The van der Waals surface area contributed by atoms with Gasteiger partial charge in [0.2, 0.25) is 0 Å². The van der Waals surface area contributed by atoms with Gasteiger partial charge >= 0.3 is 0 Å². The molecular weight excluding hydrogens is 254 g/mol. The van der Waals surface area contributed by atoms with Gasteiger partial charge in [-0.1, -0.05) is 30.3 Å². The van der Waals surface area contributed by atoms with E-state index in [4.69, 9.17) is 4.42 Å². The predicted molar refractivity (Wildman–Crippen MR) is 75.2 cm³/mol. The second kappa shape index (κ2) is 5.51. The molecule has 1 amide bonds. The summed E-state index contributed by atoms with van der Waals surface area (Å²) in [7, 11) is 0. The molecule has 0 bridgehead atoms. The average Bonchev–Trinajstić information content (AvgIpc) is 3.22. The minimum atomic E-state index is -0.450. The Morgan fingerprint density at radius 1 is 1.30 bits per heavy atom. The molecule has 1 aromatic carbocycles. The summed E-state index contributed by atoms with van der Waals surface area (Å²) in [6.07, 6.45) is 3.16. The first kappa shape index (κ1) is 12.9. The van der Waals surface area contributed by atoms with E-state index >= 15 is 0 Å². The summed E-state index contributed by atoms with van der Waals surface area (Å²) >= 11 is 0. The SMILES string of the molecule is O=C(NCC(O)C1CC1)c1occc1-c1ccccc1. The van der Waals surface area contributed by atoms with Crippen molar-refractivity contribution < 1.29 is 14.3 Å². The van der Waals surface area contributed by atoms with Gasteiger partial charge in [-0.25, -0.2) is 0 Å². The number of amides is 1. The molecule has 1 aromatic heterocycles. The summed E-state index contributed by atoms with van der Waals surface area (Å²) in [5.41, 5.74) is 1.71. The highest BCUT2D eigenvalue weighted by Gasteiger charge is 2.30. The predicted octanol–water partition coefficient (Wildman–Crippen LogP) is 2.45. The molecule has 1 aliphatic carbocycles. The number of aliphatic hydroxyl groups excluding tert-OH is 1. The summed E-state index contributed by atoms with van der Waals surface area (Å²) in [4.78, 5) is 12.1. The molecule has 1 unspecified atom stereocenters. The van der Waals surface area contributed by atoms with E-state index in [1.165, 1.54) is 6.26 Å². The Kier molecular flexibility index (Phi) is 3.56. The summed E-state index contributed by atoms with van der Waals surface area (Å²) < 4.78 is 5.30. The minimum absolute atomic E-state index is 0.276. The van der Waals surface area contributed by atoms with Crippen molar-refractivity contribution in [3.8, 4) is 11.1 Å². The first-order chi connectivity index (χ1) is 9.75. The number of hydrogen-bond donors (Lipinski definition) is 2. The first-order valence-electron chi connectivity index (χ1n) is 6.85. The number of rotatable bonds is 5. The van der Waals surface area contributed by atoms with E-state index in [-0.39, 0.29) is 12.5 Å². The third-order valence-electron chi connectivity index (χ3n) is 3.59. The maximum absolute atomic E-state index is 12.1. The lowest BCUT2D eigenvalue weighted by molar-refractivity contribution is 0.0875. The smallest absolute Gasteiger partial charge is 0.287 e. The fourth-order valence-corrected chi connectivity index (χ4v) is 2.26. The number of carbonyl (C=O) groups is 1. The van der Waals surface area contributed by atoms with E-state index in [1.54, 1.807) is 6.07 Å². The molecular formula is C16H17NO3. The second-order valence-electron chi connectivity index (χ2n) is 5.14. The molecule has 2 N–H and O–H groups in total. The zero-order valence-corrected chi connectivity index (χ0v) is 11.1. The van der Waals surface area contributed by atoms with Crippen LogP contribution in [-0.2, 0) is 0 Å². The topological polar surface area (TPSA) is 62.5 Å². The van der Waals surface area contributed by atoms with Crippen LogP contribution in [0.2, 0.25) is 0 Å². The van der Waals surface area contributed by atoms with Gasteiger partial charge < -0.3 is 14.8 Å². The number of nitrogens with one attached hydrogen (secondary N) is 1. The Labute approximate surface area is 117 Å². The molecule has 1 aliphatic rings. The maximum Gasteiger partial charge on any atom is 0.287 e. The Morgan fingerprint density at radius 2 is 2.05 bits per heavy atom. The molecule has 4 nitrogen and oxygen atoms in total. The van der Waals surface area contributed by atoms with Crippen molar-refractivity contribution in [1.29, 1.82) is 0 Å². The van der Waals surface area contributed by atoms with Crippen LogP contribution in [0.25, 0.3) is 11.1 Å². The zero-order chi connectivity index (χ0) is 13.9. The van der Waals surface area contributed by atoms with Gasteiger partial charge in [0.15, 0.2) is 5.76 Å².